The van der Waals surface area contributed by atoms with Gasteiger partial charge in [0.25, 0.3) is 0 Å². The van der Waals surface area contributed by atoms with E-state index in [1.807, 2.05) is 0 Å². The Labute approximate surface area is 61.6 Å². The maximum atomic E-state index is 12.7. The van der Waals surface area contributed by atoms with Gasteiger partial charge >= 0.3 is 0 Å². The molecule has 1 aliphatic rings. The fourth-order valence-corrected chi connectivity index (χ4v) is 0.850. The molecule has 0 radical (unpaired) electrons. The van der Waals surface area contributed by atoms with Crippen LogP contribution in [0.25, 0.3) is 0 Å². The van der Waals surface area contributed by atoms with E-state index in [0.717, 1.165) is 12.8 Å². The number of hydrogen-bond acceptors (Lipinski definition) is 1. The highest BCUT2D eigenvalue weighted by Crippen LogP contribution is 2.40. The Morgan fingerprint density at radius 1 is 1.40 bits per heavy atom. The summed E-state index contributed by atoms with van der Waals surface area (Å²) < 4.78 is 17.7. The zero-order chi connectivity index (χ0) is 7.45. The van der Waals surface area contributed by atoms with Crippen LogP contribution in [0.5, 0.6) is 0 Å². The van der Waals surface area contributed by atoms with E-state index in [2.05, 4.69) is 6.92 Å². The summed E-state index contributed by atoms with van der Waals surface area (Å²) in [5.74, 6) is -1.20. The summed E-state index contributed by atoms with van der Waals surface area (Å²) in [5.41, 5.74) is 0. The number of unbranched alkanes of at least 4 members (excludes halogenated alkanes) is 2. The Kier molecular flexibility index (Phi) is 2.66. The highest BCUT2D eigenvalue weighted by molar-refractivity contribution is 4.83. The molecule has 1 saturated carbocycles. The normalized spacial score (nSPS) is 21.0. The Morgan fingerprint density at radius 3 is 2.60 bits per heavy atom. The first-order chi connectivity index (χ1) is 4.77. The van der Waals surface area contributed by atoms with E-state index in [1.165, 1.54) is 6.42 Å². The van der Waals surface area contributed by atoms with E-state index in [4.69, 9.17) is 4.74 Å². The van der Waals surface area contributed by atoms with E-state index in [1.54, 1.807) is 0 Å². The molecule has 0 aromatic rings. The molecule has 1 aliphatic carbocycles. The first-order valence-electron chi connectivity index (χ1n) is 4.10. The van der Waals surface area contributed by atoms with Gasteiger partial charge in [-0.3, -0.25) is 0 Å². The zero-order valence-electron chi connectivity index (χ0n) is 6.53. The fourth-order valence-electron chi connectivity index (χ4n) is 0.850. The van der Waals surface area contributed by atoms with Crippen LogP contribution in [-0.2, 0) is 4.74 Å². The first-order valence-corrected chi connectivity index (χ1v) is 4.10. The second-order valence-corrected chi connectivity index (χ2v) is 2.94. The van der Waals surface area contributed by atoms with Crippen LogP contribution >= 0.6 is 0 Å². The quantitative estimate of drug-likeness (QED) is 0.542. The number of hydrogen-bond donors (Lipinski definition) is 0. The molecule has 0 aliphatic heterocycles. The lowest BCUT2D eigenvalue weighted by atomic mass is 10.3. The SMILES string of the molecule is CCCCCOC1(F)CC1. The topological polar surface area (TPSA) is 9.23 Å². The second kappa shape index (κ2) is 3.33. The predicted octanol–water partition coefficient (Wildman–Crippen LogP) is 2.65. The molecule has 10 heavy (non-hydrogen) atoms. The molecule has 1 nitrogen and oxygen atoms in total. The molecule has 2 heteroatoms. The summed E-state index contributed by atoms with van der Waals surface area (Å²) >= 11 is 0. The first kappa shape index (κ1) is 7.99. The molecule has 0 aromatic heterocycles. The number of alkyl halides is 1. The molecule has 0 unspecified atom stereocenters. The highest BCUT2D eigenvalue weighted by atomic mass is 19.2. The maximum Gasteiger partial charge on any atom is 0.209 e. The van der Waals surface area contributed by atoms with Crippen LogP contribution in [0.2, 0.25) is 0 Å². The van der Waals surface area contributed by atoms with Gasteiger partial charge < -0.3 is 4.74 Å². The van der Waals surface area contributed by atoms with E-state index in [-0.39, 0.29) is 0 Å². The Balaban J connectivity index is 1.86. The molecule has 0 N–H and O–H groups in total. The highest BCUT2D eigenvalue weighted by Gasteiger charge is 2.44. The zero-order valence-corrected chi connectivity index (χ0v) is 6.53. The minimum absolute atomic E-state index is 0.602. The Bertz CT molecular complexity index is 99.4. The van der Waals surface area contributed by atoms with Crippen molar-refractivity contribution in [3.63, 3.8) is 0 Å². The van der Waals surface area contributed by atoms with E-state index >= 15 is 0 Å². The van der Waals surface area contributed by atoms with Crippen molar-refractivity contribution in [1.82, 2.24) is 0 Å². The van der Waals surface area contributed by atoms with Gasteiger partial charge in [0.2, 0.25) is 5.85 Å². The predicted molar refractivity (Wildman–Crippen MR) is 38.6 cm³/mol. The van der Waals surface area contributed by atoms with Crippen molar-refractivity contribution in [1.29, 1.82) is 0 Å². The van der Waals surface area contributed by atoms with Crippen LogP contribution in [0, 0.1) is 0 Å². The van der Waals surface area contributed by atoms with Crippen molar-refractivity contribution < 1.29 is 9.13 Å². The third-order valence-electron chi connectivity index (χ3n) is 1.75. The molecule has 0 saturated heterocycles. The van der Waals surface area contributed by atoms with Gasteiger partial charge in [-0.25, -0.2) is 4.39 Å². The van der Waals surface area contributed by atoms with E-state index in [9.17, 15) is 4.39 Å². The lowest BCUT2D eigenvalue weighted by Crippen LogP contribution is -2.07. The van der Waals surface area contributed by atoms with Crippen LogP contribution < -0.4 is 0 Å². The molecular weight excluding hydrogens is 131 g/mol. The van der Waals surface area contributed by atoms with Crippen LogP contribution in [0.15, 0.2) is 0 Å². The average Bonchev–Trinajstić information content (AvgIpc) is 2.62. The van der Waals surface area contributed by atoms with Crippen molar-refractivity contribution >= 4 is 0 Å². The smallest absolute Gasteiger partial charge is 0.209 e. The van der Waals surface area contributed by atoms with Crippen LogP contribution in [-0.4, -0.2) is 12.5 Å². The van der Waals surface area contributed by atoms with Crippen molar-refractivity contribution in [3.8, 4) is 0 Å². The number of rotatable bonds is 5. The fraction of sp³-hybridized carbons (Fsp3) is 1.00. The van der Waals surface area contributed by atoms with Crippen LogP contribution in [0.4, 0.5) is 4.39 Å². The van der Waals surface area contributed by atoms with Crippen molar-refractivity contribution in [2.24, 2.45) is 0 Å². The molecule has 0 spiro atoms. The summed E-state index contributed by atoms with van der Waals surface area (Å²) in [6, 6.07) is 0. The molecule has 0 heterocycles. The molecule has 0 aromatic carbocycles. The monoisotopic (exact) mass is 146 g/mol. The third kappa shape index (κ3) is 2.65. The molecule has 1 fully saturated rings. The summed E-state index contributed by atoms with van der Waals surface area (Å²) in [6.07, 6.45) is 4.54. The van der Waals surface area contributed by atoms with Crippen LogP contribution in [0.3, 0.4) is 0 Å². The maximum absolute atomic E-state index is 12.7. The molecular formula is C8H15FO. The third-order valence-corrected chi connectivity index (χ3v) is 1.75. The van der Waals surface area contributed by atoms with Gasteiger partial charge in [-0.05, 0) is 6.42 Å². The van der Waals surface area contributed by atoms with Gasteiger partial charge in [0.15, 0.2) is 0 Å². The van der Waals surface area contributed by atoms with Gasteiger partial charge in [0.05, 0.1) is 6.61 Å². The summed E-state index contributed by atoms with van der Waals surface area (Å²) in [7, 11) is 0. The second-order valence-electron chi connectivity index (χ2n) is 2.94. The largest absolute Gasteiger partial charge is 0.346 e. The average molecular weight is 146 g/mol. The molecule has 0 atom stereocenters. The van der Waals surface area contributed by atoms with Gasteiger partial charge in [-0.2, -0.15) is 0 Å². The standard InChI is InChI=1S/C8H15FO/c1-2-3-4-7-10-8(9)5-6-8/h2-7H2,1H3. The number of ether oxygens (including phenoxy) is 1. The minimum Gasteiger partial charge on any atom is -0.346 e. The summed E-state index contributed by atoms with van der Waals surface area (Å²) in [4.78, 5) is 0. The molecule has 60 valence electrons. The lowest BCUT2D eigenvalue weighted by molar-refractivity contribution is -0.0639. The Morgan fingerprint density at radius 2 is 2.10 bits per heavy atom. The van der Waals surface area contributed by atoms with Gasteiger partial charge in [0, 0.05) is 12.8 Å². The van der Waals surface area contributed by atoms with E-state index < -0.39 is 5.85 Å². The van der Waals surface area contributed by atoms with Gasteiger partial charge in [-0.1, -0.05) is 19.8 Å². The Hall–Kier alpha value is -0.110. The molecule has 1 rings (SSSR count). The minimum atomic E-state index is -1.20. The summed E-state index contributed by atoms with van der Waals surface area (Å²) in [6.45, 7) is 2.73. The summed E-state index contributed by atoms with van der Waals surface area (Å²) in [5, 5.41) is 0. The van der Waals surface area contributed by atoms with Crippen molar-refractivity contribution in [2.75, 3.05) is 6.61 Å². The number of halogens is 1. The lowest BCUT2D eigenvalue weighted by Gasteiger charge is -2.05. The van der Waals surface area contributed by atoms with E-state index in [0.29, 0.717) is 19.4 Å². The molecule has 0 amide bonds. The van der Waals surface area contributed by atoms with Crippen molar-refractivity contribution in [3.05, 3.63) is 0 Å². The van der Waals surface area contributed by atoms with Crippen molar-refractivity contribution in [2.45, 2.75) is 44.9 Å². The molecule has 0 bridgehead atoms. The van der Waals surface area contributed by atoms with Gasteiger partial charge in [0.1, 0.15) is 0 Å². The van der Waals surface area contributed by atoms with Gasteiger partial charge in [-0.15, -0.1) is 0 Å². The van der Waals surface area contributed by atoms with Crippen LogP contribution in [0.1, 0.15) is 39.0 Å².